The summed E-state index contributed by atoms with van der Waals surface area (Å²) >= 11 is 6.46. The number of nitrogens with one attached hydrogen (secondary N) is 2. The first-order valence-electron chi connectivity index (χ1n) is 5.14. The monoisotopic (exact) mass is 319 g/mol. The molecule has 102 valence electrons. The highest BCUT2D eigenvalue weighted by molar-refractivity contribution is 7.94. The normalized spacial score (nSPS) is 11.5. The van der Waals surface area contributed by atoms with Crippen molar-refractivity contribution in [2.24, 2.45) is 0 Å². The van der Waals surface area contributed by atoms with Crippen LogP contribution in [0, 0.1) is 13.8 Å². The third kappa shape index (κ3) is 2.96. The molecule has 6 nitrogen and oxygen atoms in total. The molecule has 0 aliphatic rings. The van der Waals surface area contributed by atoms with E-state index in [-0.39, 0.29) is 15.0 Å². The number of halogens is 1. The number of anilines is 1. The summed E-state index contributed by atoms with van der Waals surface area (Å²) in [5.74, 6) is 0. The number of rotatable bonds is 3. The van der Waals surface area contributed by atoms with Crippen LogP contribution in [-0.4, -0.2) is 18.4 Å². The average molecular weight is 320 g/mol. The number of pyridine rings is 1. The first kappa shape index (κ1) is 14.0. The van der Waals surface area contributed by atoms with Crippen LogP contribution in [0.1, 0.15) is 11.3 Å². The van der Waals surface area contributed by atoms with Gasteiger partial charge in [-0.25, -0.2) is 13.4 Å². The smallest absolute Gasteiger partial charge is 0.306 e. The van der Waals surface area contributed by atoms with Crippen molar-refractivity contribution >= 4 is 38.6 Å². The molecule has 19 heavy (non-hydrogen) atoms. The third-order valence-electron chi connectivity index (χ3n) is 2.25. The van der Waals surface area contributed by atoms with E-state index in [1.54, 1.807) is 13.0 Å². The second-order valence-electron chi connectivity index (χ2n) is 3.88. The Hall–Kier alpha value is -1.38. The fourth-order valence-electron chi connectivity index (χ4n) is 1.46. The lowest BCUT2D eigenvalue weighted by atomic mass is 10.3. The summed E-state index contributed by atoms with van der Waals surface area (Å²) in [6, 6.07) is 1.57. The van der Waals surface area contributed by atoms with Gasteiger partial charge in [-0.15, -0.1) is 0 Å². The molecule has 0 unspecified atom stereocenters. The molecule has 2 rings (SSSR count). The molecule has 0 saturated heterocycles. The van der Waals surface area contributed by atoms with E-state index in [1.807, 2.05) is 0 Å². The fraction of sp³-hybridized carbons (Fsp3) is 0.200. The van der Waals surface area contributed by atoms with Gasteiger partial charge in [0.05, 0.1) is 5.69 Å². The fourth-order valence-corrected chi connectivity index (χ4v) is 4.03. The number of nitrogens with zero attached hydrogens (tertiary/aromatic N) is 1. The van der Waals surface area contributed by atoms with Gasteiger partial charge in [-0.1, -0.05) is 22.9 Å². The molecule has 0 aliphatic heterocycles. The summed E-state index contributed by atoms with van der Waals surface area (Å²) in [6.07, 6.45) is 1.53. The molecule has 0 radical (unpaired) electrons. The van der Waals surface area contributed by atoms with Crippen molar-refractivity contribution in [2.75, 3.05) is 4.72 Å². The van der Waals surface area contributed by atoms with Gasteiger partial charge in [-0.05, 0) is 25.5 Å². The Balaban J connectivity index is 2.45. The molecular weight excluding hydrogens is 310 g/mol. The largest absolute Gasteiger partial charge is 0.315 e. The van der Waals surface area contributed by atoms with Gasteiger partial charge in [0.25, 0.3) is 10.0 Å². The number of aromatic nitrogens is 2. The number of H-pyrrole nitrogens is 1. The van der Waals surface area contributed by atoms with Gasteiger partial charge in [0.15, 0.2) is 9.36 Å². The van der Waals surface area contributed by atoms with Gasteiger partial charge in [-0.3, -0.25) is 9.52 Å². The zero-order chi connectivity index (χ0) is 14.2. The summed E-state index contributed by atoms with van der Waals surface area (Å²) in [5, 5.41) is 0.0507. The van der Waals surface area contributed by atoms with Crippen LogP contribution in [0.4, 0.5) is 5.69 Å². The minimum atomic E-state index is -3.85. The van der Waals surface area contributed by atoms with E-state index in [0.717, 1.165) is 5.56 Å². The molecule has 2 aromatic rings. The number of sulfonamides is 1. The molecule has 2 aromatic heterocycles. The van der Waals surface area contributed by atoms with E-state index in [9.17, 15) is 13.2 Å². The van der Waals surface area contributed by atoms with Gasteiger partial charge >= 0.3 is 4.87 Å². The van der Waals surface area contributed by atoms with Crippen LogP contribution in [0.5, 0.6) is 0 Å². The summed E-state index contributed by atoms with van der Waals surface area (Å²) in [4.78, 5) is 17.0. The van der Waals surface area contributed by atoms with Crippen LogP contribution in [0.3, 0.4) is 0 Å². The van der Waals surface area contributed by atoms with Crippen molar-refractivity contribution in [1.29, 1.82) is 0 Å². The van der Waals surface area contributed by atoms with Gasteiger partial charge < -0.3 is 4.98 Å². The van der Waals surface area contributed by atoms with Crippen molar-refractivity contribution < 1.29 is 8.42 Å². The van der Waals surface area contributed by atoms with Crippen LogP contribution in [0.2, 0.25) is 5.15 Å². The summed E-state index contributed by atoms with van der Waals surface area (Å²) in [7, 11) is -3.85. The van der Waals surface area contributed by atoms with Crippen LogP contribution < -0.4 is 9.60 Å². The van der Waals surface area contributed by atoms with E-state index in [0.29, 0.717) is 17.0 Å². The molecule has 0 bridgehead atoms. The number of aryl methyl sites for hydroxylation is 2. The van der Waals surface area contributed by atoms with Crippen molar-refractivity contribution in [2.45, 2.75) is 18.1 Å². The molecule has 0 aromatic carbocycles. The minimum absolute atomic E-state index is 0.0507. The number of thiazole rings is 1. The minimum Gasteiger partial charge on any atom is -0.315 e. The van der Waals surface area contributed by atoms with Crippen LogP contribution >= 0.6 is 22.9 Å². The predicted octanol–water partition coefficient (Wildman–Crippen LogP) is 1.90. The second kappa shape index (κ2) is 4.95. The Morgan fingerprint density at radius 2 is 2.11 bits per heavy atom. The summed E-state index contributed by atoms with van der Waals surface area (Å²) in [6.45, 7) is 3.28. The van der Waals surface area contributed by atoms with E-state index in [4.69, 9.17) is 11.6 Å². The quantitative estimate of drug-likeness (QED) is 0.845. The van der Waals surface area contributed by atoms with Crippen molar-refractivity contribution in [3.05, 3.63) is 38.3 Å². The second-order valence-corrected chi connectivity index (χ2v) is 7.10. The standard InChI is InChI=1S/C10H10ClN3O3S2/c1-5-3-7(8(11)12-4-5)14-19(16,17)9-6(2)13-10(15)18-9/h3-4,14H,1-2H3,(H,13,15). The Labute approximate surface area is 118 Å². The van der Waals surface area contributed by atoms with E-state index in [2.05, 4.69) is 14.7 Å². The molecule has 0 saturated carbocycles. The summed E-state index contributed by atoms with van der Waals surface area (Å²) in [5.41, 5.74) is 1.24. The Morgan fingerprint density at radius 1 is 1.42 bits per heavy atom. The molecule has 2 heterocycles. The van der Waals surface area contributed by atoms with Crippen molar-refractivity contribution in [3.63, 3.8) is 0 Å². The zero-order valence-corrected chi connectivity index (χ0v) is 12.4. The van der Waals surface area contributed by atoms with E-state index < -0.39 is 14.9 Å². The maximum absolute atomic E-state index is 12.2. The average Bonchev–Trinajstić information content (AvgIpc) is 2.63. The van der Waals surface area contributed by atoms with Gasteiger partial charge in [0.1, 0.15) is 0 Å². The summed E-state index contributed by atoms with van der Waals surface area (Å²) < 4.78 is 26.6. The number of aromatic amines is 1. The molecule has 0 fully saturated rings. The predicted molar refractivity (Wildman–Crippen MR) is 74.5 cm³/mol. The zero-order valence-electron chi connectivity index (χ0n) is 10.0. The maximum atomic E-state index is 12.2. The Morgan fingerprint density at radius 3 is 2.68 bits per heavy atom. The molecule has 0 aliphatic carbocycles. The topological polar surface area (TPSA) is 91.9 Å². The number of hydrogen-bond donors (Lipinski definition) is 2. The lowest BCUT2D eigenvalue weighted by Gasteiger charge is -2.08. The lowest BCUT2D eigenvalue weighted by molar-refractivity contribution is 0.602. The molecule has 2 N–H and O–H groups in total. The van der Waals surface area contributed by atoms with E-state index >= 15 is 0 Å². The molecule has 0 atom stereocenters. The Bertz CT molecular complexity index is 780. The molecule has 9 heteroatoms. The number of hydrogen-bond acceptors (Lipinski definition) is 5. The maximum Gasteiger partial charge on any atom is 0.306 e. The molecule has 0 spiro atoms. The first-order valence-corrected chi connectivity index (χ1v) is 7.82. The highest BCUT2D eigenvalue weighted by atomic mass is 35.5. The lowest BCUT2D eigenvalue weighted by Crippen LogP contribution is -2.13. The van der Waals surface area contributed by atoms with Crippen molar-refractivity contribution in [3.8, 4) is 0 Å². The molecular formula is C10H10ClN3O3S2. The first-order chi connectivity index (χ1) is 8.79. The highest BCUT2D eigenvalue weighted by Crippen LogP contribution is 2.25. The highest BCUT2D eigenvalue weighted by Gasteiger charge is 2.21. The van der Waals surface area contributed by atoms with Crippen molar-refractivity contribution in [1.82, 2.24) is 9.97 Å². The SMILES string of the molecule is Cc1cnc(Cl)c(NS(=O)(=O)c2sc(=O)[nH]c2C)c1. The van der Waals surface area contributed by atoms with E-state index in [1.165, 1.54) is 13.1 Å². The van der Waals surface area contributed by atoms with Crippen LogP contribution in [0.25, 0.3) is 0 Å². The van der Waals surface area contributed by atoms with Gasteiger partial charge in [0, 0.05) is 11.9 Å². The van der Waals surface area contributed by atoms with Gasteiger partial charge in [0.2, 0.25) is 0 Å². The molecule has 0 amide bonds. The van der Waals surface area contributed by atoms with Crippen LogP contribution in [0.15, 0.2) is 21.3 Å². The van der Waals surface area contributed by atoms with Gasteiger partial charge in [-0.2, -0.15) is 0 Å². The third-order valence-corrected chi connectivity index (χ3v) is 5.52. The van der Waals surface area contributed by atoms with Crippen LogP contribution in [-0.2, 0) is 10.0 Å². The Kier molecular flexibility index (Phi) is 3.66.